The van der Waals surface area contributed by atoms with E-state index < -0.39 is 10.0 Å². The standard InChI is InChI=1S/C23H34N4O4S/c1-3-25(4-2)32(30,31)18-12-13-19-21(15-18)27(16-22(28)24-17-9-5-6-10-17)23(29)20-11-7-8-14-26(19)20/h12-13,15,17,20H,3-11,14,16H2,1-2H3,(H,24,28)/t20-/m0/s1. The Morgan fingerprint density at radius 2 is 1.75 bits per heavy atom. The predicted octanol–water partition coefficient (Wildman–Crippen LogP) is 2.48. The van der Waals surface area contributed by atoms with Crippen molar-refractivity contribution in [2.24, 2.45) is 0 Å². The number of amides is 2. The Bertz CT molecular complexity index is 970. The minimum atomic E-state index is -3.68. The van der Waals surface area contributed by atoms with Crippen molar-refractivity contribution < 1.29 is 18.0 Å². The van der Waals surface area contributed by atoms with Crippen molar-refractivity contribution in [3.05, 3.63) is 18.2 Å². The van der Waals surface area contributed by atoms with Gasteiger partial charge >= 0.3 is 0 Å². The number of anilines is 2. The van der Waals surface area contributed by atoms with Gasteiger partial charge in [-0.1, -0.05) is 26.7 Å². The Hall–Kier alpha value is -2.13. The first-order valence-electron chi connectivity index (χ1n) is 11.9. The molecule has 2 fully saturated rings. The Balaban J connectivity index is 1.70. The summed E-state index contributed by atoms with van der Waals surface area (Å²) in [6, 6.07) is 4.89. The van der Waals surface area contributed by atoms with Gasteiger partial charge in [0, 0.05) is 25.7 Å². The van der Waals surface area contributed by atoms with Crippen molar-refractivity contribution in [3.8, 4) is 0 Å². The Kier molecular flexibility index (Phi) is 6.76. The summed E-state index contributed by atoms with van der Waals surface area (Å²) in [5, 5.41) is 3.06. The summed E-state index contributed by atoms with van der Waals surface area (Å²) in [5.41, 5.74) is 1.35. The van der Waals surface area contributed by atoms with E-state index in [1.807, 2.05) is 0 Å². The Morgan fingerprint density at radius 3 is 2.44 bits per heavy atom. The van der Waals surface area contributed by atoms with Crippen LogP contribution in [0.4, 0.5) is 11.4 Å². The maximum atomic E-state index is 13.4. The number of nitrogens with zero attached hydrogens (tertiary/aromatic N) is 3. The van der Waals surface area contributed by atoms with Crippen molar-refractivity contribution in [1.29, 1.82) is 0 Å². The monoisotopic (exact) mass is 462 g/mol. The highest BCUT2D eigenvalue weighted by Gasteiger charge is 2.41. The number of sulfonamides is 1. The summed E-state index contributed by atoms with van der Waals surface area (Å²) in [6.07, 6.45) is 6.88. The molecule has 9 heteroatoms. The molecule has 8 nitrogen and oxygen atoms in total. The largest absolute Gasteiger partial charge is 0.358 e. The van der Waals surface area contributed by atoms with Crippen LogP contribution < -0.4 is 15.1 Å². The number of carbonyl (C=O) groups excluding carboxylic acids is 2. The average molecular weight is 463 g/mol. The van der Waals surface area contributed by atoms with Gasteiger partial charge in [-0.3, -0.25) is 14.5 Å². The summed E-state index contributed by atoms with van der Waals surface area (Å²) in [5.74, 6) is -0.298. The average Bonchev–Trinajstić information content (AvgIpc) is 3.30. The molecule has 176 valence electrons. The van der Waals surface area contributed by atoms with Crippen molar-refractivity contribution in [1.82, 2.24) is 9.62 Å². The number of hydrogen-bond acceptors (Lipinski definition) is 5. The summed E-state index contributed by atoms with van der Waals surface area (Å²) in [6.45, 7) is 5.03. The van der Waals surface area contributed by atoms with E-state index in [1.165, 1.54) is 9.21 Å². The van der Waals surface area contributed by atoms with Crippen LogP contribution in [0, 0.1) is 0 Å². The molecule has 0 aromatic heterocycles. The maximum absolute atomic E-state index is 13.4. The number of piperidine rings is 1. The molecule has 0 bridgehead atoms. The van der Waals surface area contributed by atoms with E-state index in [4.69, 9.17) is 0 Å². The number of carbonyl (C=O) groups is 2. The van der Waals surface area contributed by atoms with Gasteiger partial charge in [0.05, 0.1) is 16.3 Å². The predicted molar refractivity (Wildman–Crippen MR) is 124 cm³/mol. The second-order valence-electron chi connectivity index (χ2n) is 8.92. The van der Waals surface area contributed by atoms with Gasteiger partial charge in [0.25, 0.3) is 0 Å². The number of benzene rings is 1. The lowest BCUT2D eigenvalue weighted by Crippen LogP contribution is -2.57. The topological polar surface area (TPSA) is 90.0 Å². The Labute approximate surface area is 191 Å². The third kappa shape index (κ3) is 4.24. The van der Waals surface area contributed by atoms with E-state index >= 15 is 0 Å². The van der Waals surface area contributed by atoms with E-state index in [1.54, 1.807) is 32.0 Å². The molecular formula is C23H34N4O4S. The zero-order valence-electron chi connectivity index (χ0n) is 19.0. The van der Waals surface area contributed by atoms with E-state index in [-0.39, 0.29) is 35.3 Å². The van der Waals surface area contributed by atoms with Crippen molar-refractivity contribution in [2.75, 3.05) is 36.0 Å². The van der Waals surface area contributed by atoms with E-state index in [2.05, 4.69) is 10.2 Å². The summed E-state index contributed by atoms with van der Waals surface area (Å²) >= 11 is 0. The van der Waals surface area contributed by atoms with Crippen LogP contribution in [-0.4, -0.2) is 62.8 Å². The second kappa shape index (κ2) is 9.39. The molecule has 1 N–H and O–H groups in total. The van der Waals surface area contributed by atoms with Crippen LogP contribution in [0.25, 0.3) is 0 Å². The molecule has 0 unspecified atom stereocenters. The fourth-order valence-electron chi connectivity index (χ4n) is 5.26. The van der Waals surface area contributed by atoms with Gasteiger partial charge in [-0.05, 0) is 50.3 Å². The van der Waals surface area contributed by atoms with Crippen molar-refractivity contribution in [2.45, 2.75) is 75.8 Å². The smallest absolute Gasteiger partial charge is 0.250 e. The lowest BCUT2D eigenvalue weighted by atomic mass is 9.96. The van der Waals surface area contributed by atoms with Gasteiger partial charge < -0.3 is 10.2 Å². The first-order chi connectivity index (χ1) is 15.4. The molecule has 2 aliphatic heterocycles. The zero-order chi connectivity index (χ0) is 22.9. The molecule has 1 atom stereocenters. The lowest BCUT2D eigenvalue weighted by molar-refractivity contribution is -0.125. The highest BCUT2D eigenvalue weighted by Crippen LogP contribution is 2.41. The molecular weight excluding hydrogens is 428 g/mol. The molecule has 1 saturated heterocycles. The number of rotatable bonds is 7. The van der Waals surface area contributed by atoms with Crippen LogP contribution in [0.3, 0.4) is 0 Å². The highest BCUT2D eigenvalue weighted by atomic mass is 32.2. The first-order valence-corrected chi connectivity index (χ1v) is 13.3. The van der Waals surface area contributed by atoms with Gasteiger partial charge in [0.2, 0.25) is 21.8 Å². The minimum absolute atomic E-state index is 0.0819. The zero-order valence-corrected chi connectivity index (χ0v) is 19.9. The Morgan fingerprint density at radius 1 is 1.06 bits per heavy atom. The molecule has 0 radical (unpaired) electrons. The van der Waals surface area contributed by atoms with E-state index in [0.29, 0.717) is 18.8 Å². The van der Waals surface area contributed by atoms with Crippen LogP contribution in [0.15, 0.2) is 23.1 Å². The van der Waals surface area contributed by atoms with E-state index in [0.717, 1.165) is 57.2 Å². The number of fused-ring (bicyclic) bond motifs is 3. The number of nitrogens with one attached hydrogen (secondary N) is 1. The van der Waals surface area contributed by atoms with Crippen LogP contribution in [0.5, 0.6) is 0 Å². The quantitative estimate of drug-likeness (QED) is 0.672. The van der Waals surface area contributed by atoms with Gasteiger partial charge in [-0.25, -0.2) is 8.42 Å². The van der Waals surface area contributed by atoms with E-state index in [9.17, 15) is 18.0 Å². The van der Waals surface area contributed by atoms with Crippen molar-refractivity contribution >= 4 is 33.2 Å². The molecule has 0 spiro atoms. The van der Waals surface area contributed by atoms with Gasteiger partial charge in [0.1, 0.15) is 12.6 Å². The third-order valence-electron chi connectivity index (χ3n) is 6.97. The molecule has 1 aliphatic carbocycles. The van der Waals surface area contributed by atoms with Crippen molar-refractivity contribution in [3.63, 3.8) is 0 Å². The molecule has 1 aromatic rings. The maximum Gasteiger partial charge on any atom is 0.250 e. The number of hydrogen-bond donors (Lipinski definition) is 1. The van der Waals surface area contributed by atoms with Gasteiger partial charge in [0.15, 0.2) is 0 Å². The van der Waals surface area contributed by atoms with Crippen LogP contribution in [0.1, 0.15) is 58.8 Å². The van der Waals surface area contributed by atoms with Crippen LogP contribution >= 0.6 is 0 Å². The molecule has 3 aliphatic rings. The SMILES string of the molecule is CCN(CC)S(=O)(=O)c1ccc2c(c1)N(CC(=O)NC1CCCC1)C(=O)[C@@H]1CCCCN21. The fourth-order valence-corrected chi connectivity index (χ4v) is 6.74. The van der Waals surface area contributed by atoms with Crippen LogP contribution in [-0.2, 0) is 19.6 Å². The molecule has 32 heavy (non-hydrogen) atoms. The van der Waals surface area contributed by atoms with Gasteiger partial charge in [-0.15, -0.1) is 0 Å². The molecule has 1 saturated carbocycles. The van der Waals surface area contributed by atoms with Gasteiger partial charge in [-0.2, -0.15) is 4.31 Å². The molecule has 1 aromatic carbocycles. The molecule has 2 amide bonds. The molecule has 2 heterocycles. The third-order valence-corrected chi connectivity index (χ3v) is 9.01. The molecule has 4 rings (SSSR count). The highest BCUT2D eigenvalue weighted by molar-refractivity contribution is 7.89. The minimum Gasteiger partial charge on any atom is -0.358 e. The lowest BCUT2D eigenvalue weighted by Gasteiger charge is -2.45. The van der Waals surface area contributed by atoms with Crippen LogP contribution in [0.2, 0.25) is 0 Å². The summed E-state index contributed by atoms with van der Waals surface area (Å²) < 4.78 is 27.7. The fraction of sp³-hybridized carbons (Fsp3) is 0.652. The first kappa shape index (κ1) is 23.0. The normalized spacial score (nSPS) is 21.6. The summed E-state index contributed by atoms with van der Waals surface area (Å²) in [4.78, 5) is 30.0. The second-order valence-corrected chi connectivity index (χ2v) is 10.9. The summed E-state index contributed by atoms with van der Waals surface area (Å²) in [7, 11) is -3.68.